The van der Waals surface area contributed by atoms with Crippen molar-refractivity contribution in [3.8, 4) is 5.75 Å². The van der Waals surface area contributed by atoms with E-state index in [2.05, 4.69) is 0 Å². The van der Waals surface area contributed by atoms with E-state index in [1.807, 2.05) is 0 Å². The van der Waals surface area contributed by atoms with Crippen LogP contribution in [0.15, 0.2) is 47.4 Å². The monoisotopic (exact) mass is 252 g/mol. The molecule has 0 fully saturated rings. The molecule has 17 heavy (non-hydrogen) atoms. The summed E-state index contributed by atoms with van der Waals surface area (Å²) in [6.45, 7) is 0. The molecular formula is C13H10F2OS. The molecule has 2 aromatic carbocycles. The molecule has 2 rings (SSSR count). The number of hydrogen-bond acceptors (Lipinski definition) is 2. The Hall–Kier alpha value is -1.55. The maximum absolute atomic E-state index is 13.3. The zero-order valence-electron chi connectivity index (χ0n) is 8.86. The van der Waals surface area contributed by atoms with Gasteiger partial charge in [-0.3, -0.25) is 0 Å². The SMILES string of the molecule is Oc1cccc(SCc2c(F)cccc2F)c1. The molecule has 0 radical (unpaired) electrons. The van der Waals surface area contributed by atoms with Crippen LogP contribution in [0, 0.1) is 11.6 Å². The Morgan fingerprint density at radius 3 is 2.29 bits per heavy atom. The van der Waals surface area contributed by atoms with Gasteiger partial charge in [-0.2, -0.15) is 0 Å². The van der Waals surface area contributed by atoms with Crippen molar-refractivity contribution in [3.63, 3.8) is 0 Å². The third-order valence-corrected chi connectivity index (χ3v) is 3.28. The van der Waals surface area contributed by atoms with E-state index in [0.29, 0.717) is 0 Å². The van der Waals surface area contributed by atoms with Crippen LogP contribution in [0.5, 0.6) is 5.75 Å². The van der Waals surface area contributed by atoms with Crippen molar-refractivity contribution in [1.82, 2.24) is 0 Å². The molecule has 0 aliphatic carbocycles. The first-order valence-corrected chi connectivity index (χ1v) is 6.00. The van der Waals surface area contributed by atoms with Gasteiger partial charge in [0.2, 0.25) is 0 Å². The van der Waals surface area contributed by atoms with E-state index < -0.39 is 11.6 Å². The van der Waals surface area contributed by atoms with Crippen LogP contribution in [-0.2, 0) is 5.75 Å². The molecular weight excluding hydrogens is 242 g/mol. The summed E-state index contributed by atoms with van der Waals surface area (Å²) in [5.41, 5.74) is 0.0563. The minimum absolute atomic E-state index is 0.0563. The largest absolute Gasteiger partial charge is 0.508 e. The second kappa shape index (κ2) is 5.19. The summed E-state index contributed by atoms with van der Waals surface area (Å²) in [6.07, 6.45) is 0. The topological polar surface area (TPSA) is 20.2 Å². The summed E-state index contributed by atoms with van der Waals surface area (Å²) >= 11 is 1.28. The second-order valence-corrected chi connectivity index (χ2v) is 4.53. The summed E-state index contributed by atoms with van der Waals surface area (Å²) in [5.74, 6) is -0.749. The highest BCUT2D eigenvalue weighted by Gasteiger charge is 2.08. The highest BCUT2D eigenvalue weighted by molar-refractivity contribution is 7.98. The van der Waals surface area contributed by atoms with Crippen LogP contribution in [-0.4, -0.2) is 5.11 Å². The number of benzene rings is 2. The van der Waals surface area contributed by atoms with E-state index in [9.17, 15) is 13.9 Å². The summed E-state index contributed by atoms with van der Waals surface area (Å²) < 4.78 is 26.7. The van der Waals surface area contributed by atoms with Gasteiger partial charge in [-0.25, -0.2) is 8.78 Å². The van der Waals surface area contributed by atoms with Crippen molar-refractivity contribution in [2.24, 2.45) is 0 Å². The molecule has 4 heteroatoms. The molecule has 1 N–H and O–H groups in total. The lowest BCUT2D eigenvalue weighted by Gasteiger charge is -2.05. The molecule has 0 aliphatic rings. The number of phenolic OH excluding ortho intramolecular Hbond substituents is 1. The van der Waals surface area contributed by atoms with Crippen LogP contribution < -0.4 is 0 Å². The predicted octanol–water partition coefficient (Wildman–Crippen LogP) is 3.96. The second-order valence-electron chi connectivity index (χ2n) is 3.49. The number of halogens is 2. The molecule has 0 bridgehead atoms. The van der Waals surface area contributed by atoms with E-state index in [-0.39, 0.29) is 17.1 Å². The maximum Gasteiger partial charge on any atom is 0.130 e. The summed E-state index contributed by atoms with van der Waals surface area (Å²) in [7, 11) is 0. The molecule has 0 heterocycles. The van der Waals surface area contributed by atoms with E-state index in [4.69, 9.17) is 0 Å². The van der Waals surface area contributed by atoms with Gasteiger partial charge >= 0.3 is 0 Å². The molecule has 1 nitrogen and oxygen atoms in total. The molecule has 0 spiro atoms. The molecule has 0 aliphatic heterocycles. The van der Waals surface area contributed by atoms with Gasteiger partial charge in [0.25, 0.3) is 0 Å². The zero-order chi connectivity index (χ0) is 12.3. The molecule has 0 aromatic heterocycles. The quantitative estimate of drug-likeness (QED) is 0.834. The fourth-order valence-electron chi connectivity index (χ4n) is 1.40. The minimum atomic E-state index is -0.544. The van der Waals surface area contributed by atoms with E-state index in [0.717, 1.165) is 4.90 Å². The van der Waals surface area contributed by atoms with Crippen molar-refractivity contribution < 1.29 is 13.9 Å². The van der Waals surface area contributed by atoms with Crippen molar-refractivity contribution in [3.05, 3.63) is 59.7 Å². The highest BCUT2D eigenvalue weighted by Crippen LogP contribution is 2.27. The van der Waals surface area contributed by atoms with Crippen LogP contribution in [0.3, 0.4) is 0 Å². The Balaban J connectivity index is 2.13. The van der Waals surface area contributed by atoms with Crippen LogP contribution in [0.25, 0.3) is 0 Å². The third-order valence-electron chi connectivity index (χ3n) is 2.26. The van der Waals surface area contributed by atoms with Crippen LogP contribution in [0.2, 0.25) is 0 Å². The zero-order valence-corrected chi connectivity index (χ0v) is 9.68. The highest BCUT2D eigenvalue weighted by atomic mass is 32.2. The first kappa shape index (κ1) is 11.9. The normalized spacial score (nSPS) is 10.5. The van der Waals surface area contributed by atoms with Gasteiger partial charge in [-0.15, -0.1) is 11.8 Å². The molecule has 0 atom stereocenters. The number of aromatic hydroxyl groups is 1. The lowest BCUT2D eigenvalue weighted by molar-refractivity contribution is 0.474. The van der Waals surface area contributed by atoms with E-state index in [1.54, 1.807) is 24.3 Å². The lowest BCUT2D eigenvalue weighted by atomic mass is 10.2. The smallest absolute Gasteiger partial charge is 0.130 e. The molecule has 0 amide bonds. The Morgan fingerprint density at radius 2 is 1.65 bits per heavy atom. The first-order valence-electron chi connectivity index (χ1n) is 5.01. The lowest BCUT2D eigenvalue weighted by Crippen LogP contribution is -1.92. The average molecular weight is 252 g/mol. The third kappa shape index (κ3) is 2.97. The van der Waals surface area contributed by atoms with Gasteiger partial charge in [0.15, 0.2) is 0 Å². The number of hydrogen-bond donors (Lipinski definition) is 1. The van der Waals surface area contributed by atoms with Crippen molar-refractivity contribution >= 4 is 11.8 Å². The van der Waals surface area contributed by atoms with Gasteiger partial charge in [0, 0.05) is 16.2 Å². The van der Waals surface area contributed by atoms with Gasteiger partial charge in [-0.05, 0) is 30.3 Å². The fraction of sp³-hybridized carbons (Fsp3) is 0.0769. The standard InChI is InChI=1S/C13H10F2OS/c14-12-5-2-6-13(15)11(12)8-17-10-4-1-3-9(16)7-10/h1-7,16H,8H2. The summed E-state index contributed by atoms with van der Waals surface area (Å²) in [5, 5.41) is 9.26. The molecule has 2 aromatic rings. The molecule has 0 unspecified atom stereocenters. The summed E-state index contributed by atoms with van der Waals surface area (Å²) in [4.78, 5) is 0.771. The molecule has 0 saturated heterocycles. The Morgan fingerprint density at radius 1 is 1.00 bits per heavy atom. The van der Waals surface area contributed by atoms with E-state index >= 15 is 0 Å². The Kier molecular flexibility index (Phi) is 3.64. The van der Waals surface area contributed by atoms with Gasteiger partial charge in [0.05, 0.1) is 0 Å². The molecule has 0 saturated carbocycles. The average Bonchev–Trinajstić information content (AvgIpc) is 2.28. The van der Waals surface area contributed by atoms with Gasteiger partial charge < -0.3 is 5.11 Å². The Bertz CT molecular complexity index is 508. The first-order chi connectivity index (χ1) is 8.16. The number of phenols is 1. The van der Waals surface area contributed by atoms with Crippen LogP contribution in [0.4, 0.5) is 8.78 Å². The van der Waals surface area contributed by atoms with Crippen molar-refractivity contribution in [1.29, 1.82) is 0 Å². The number of rotatable bonds is 3. The van der Waals surface area contributed by atoms with Crippen molar-refractivity contribution in [2.45, 2.75) is 10.6 Å². The molecule has 88 valence electrons. The van der Waals surface area contributed by atoms with E-state index in [1.165, 1.54) is 30.0 Å². The van der Waals surface area contributed by atoms with Crippen LogP contribution in [0.1, 0.15) is 5.56 Å². The summed E-state index contributed by atoms with van der Waals surface area (Å²) in [6, 6.07) is 10.4. The predicted molar refractivity (Wildman–Crippen MR) is 64.0 cm³/mol. The Labute approximate surface area is 102 Å². The van der Waals surface area contributed by atoms with Crippen molar-refractivity contribution in [2.75, 3.05) is 0 Å². The maximum atomic E-state index is 13.3. The van der Waals surface area contributed by atoms with Gasteiger partial charge in [-0.1, -0.05) is 12.1 Å². The van der Waals surface area contributed by atoms with Crippen LogP contribution >= 0.6 is 11.8 Å². The van der Waals surface area contributed by atoms with Gasteiger partial charge in [0.1, 0.15) is 17.4 Å². The minimum Gasteiger partial charge on any atom is -0.508 e. The fourth-order valence-corrected chi connectivity index (χ4v) is 2.36. The number of thioether (sulfide) groups is 1.